The minimum atomic E-state index is -0.354. The van der Waals surface area contributed by atoms with Gasteiger partial charge in [0.25, 0.3) is 0 Å². The molecule has 0 bridgehead atoms. The van der Waals surface area contributed by atoms with Gasteiger partial charge < -0.3 is 29.8 Å². The fourth-order valence-corrected chi connectivity index (χ4v) is 2.29. The molecule has 0 aliphatic heterocycles. The summed E-state index contributed by atoms with van der Waals surface area (Å²) >= 11 is 0. The molecule has 0 unspecified atom stereocenters. The van der Waals surface area contributed by atoms with Gasteiger partial charge in [0.15, 0.2) is 0 Å². The van der Waals surface area contributed by atoms with Crippen molar-refractivity contribution in [3.8, 4) is 5.75 Å². The van der Waals surface area contributed by atoms with Crippen molar-refractivity contribution < 1.29 is 23.5 Å². The van der Waals surface area contributed by atoms with Gasteiger partial charge in [-0.15, -0.1) is 0 Å². The predicted octanol–water partition coefficient (Wildman–Crippen LogP) is 2.55. The summed E-state index contributed by atoms with van der Waals surface area (Å²) in [6.07, 6.45) is 0.599. The van der Waals surface area contributed by atoms with Crippen LogP contribution in [0.3, 0.4) is 0 Å². The molecule has 1 aromatic carbocycles. The molecule has 3 N–H and O–H groups in total. The molecule has 0 aliphatic carbocycles. The van der Waals surface area contributed by atoms with Gasteiger partial charge in [-0.1, -0.05) is 0 Å². The number of amides is 3. The lowest BCUT2D eigenvalue weighted by Gasteiger charge is -2.13. The molecule has 2 aromatic rings. The van der Waals surface area contributed by atoms with Crippen LogP contribution in [0.1, 0.15) is 11.5 Å². The van der Waals surface area contributed by atoms with E-state index in [1.54, 1.807) is 18.2 Å². The second-order valence-corrected chi connectivity index (χ2v) is 5.54. The van der Waals surface area contributed by atoms with Gasteiger partial charge in [0.05, 0.1) is 12.8 Å². The number of ether oxygens (including phenoxy) is 2. The number of methoxy groups -OCH3 is 2. The largest absolute Gasteiger partial charge is 0.495 e. The van der Waals surface area contributed by atoms with Gasteiger partial charge in [-0.2, -0.15) is 0 Å². The summed E-state index contributed by atoms with van der Waals surface area (Å²) in [6, 6.07) is 8.36. The lowest BCUT2D eigenvalue weighted by Crippen LogP contribution is -2.30. The molecule has 0 saturated heterocycles. The maximum Gasteiger partial charge on any atom is 0.319 e. The smallest absolute Gasteiger partial charge is 0.319 e. The Morgan fingerprint density at radius 2 is 1.92 bits per heavy atom. The van der Waals surface area contributed by atoms with Gasteiger partial charge in [0.1, 0.15) is 23.9 Å². The summed E-state index contributed by atoms with van der Waals surface area (Å²) in [4.78, 5) is 23.7. The molecule has 0 spiro atoms. The fraction of sp³-hybridized carbons (Fsp3) is 0.333. The minimum absolute atomic E-state index is 0.0758. The van der Waals surface area contributed by atoms with Crippen molar-refractivity contribution in [2.45, 2.75) is 13.3 Å². The van der Waals surface area contributed by atoms with Gasteiger partial charge in [0, 0.05) is 25.8 Å². The Hall–Kier alpha value is -3.00. The van der Waals surface area contributed by atoms with Crippen molar-refractivity contribution in [1.82, 2.24) is 5.32 Å². The Morgan fingerprint density at radius 3 is 2.58 bits per heavy atom. The SMILES string of the molecule is COCC(=O)Nc1cc(NC(=O)NCCc2ccc(C)o2)ccc1OC. The Balaban J connectivity index is 1.90. The van der Waals surface area contributed by atoms with Crippen molar-refractivity contribution in [3.63, 3.8) is 0 Å². The highest BCUT2D eigenvalue weighted by atomic mass is 16.5. The quantitative estimate of drug-likeness (QED) is 0.671. The van der Waals surface area contributed by atoms with Gasteiger partial charge in [-0.25, -0.2) is 4.79 Å². The van der Waals surface area contributed by atoms with E-state index in [1.165, 1.54) is 14.2 Å². The van der Waals surface area contributed by atoms with Crippen molar-refractivity contribution in [1.29, 1.82) is 0 Å². The van der Waals surface area contributed by atoms with Crippen LogP contribution in [0.15, 0.2) is 34.7 Å². The highest BCUT2D eigenvalue weighted by Crippen LogP contribution is 2.27. The standard InChI is InChI=1S/C18H23N3O5/c1-12-4-6-14(26-12)8-9-19-18(23)20-13-5-7-16(25-3)15(10-13)21-17(22)11-24-2/h4-7,10H,8-9,11H2,1-3H3,(H,21,22)(H2,19,20,23). The summed E-state index contributed by atoms with van der Waals surface area (Å²) in [6.45, 7) is 2.23. The molecule has 0 saturated carbocycles. The number of carbonyl (C=O) groups excluding carboxylic acids is 2. The summed E-state index contributed by atoms with van der Waals surface area (Å²) in [5.41, 5.74) is 0.961. The fourth-order valence-electron chi connectivity index (χ4n) is 2.29. The predicted molar refractivity (Wildman–Crippen MR) is 97.7 cm³/mol. The monoisotopic (exact) mass is 361 g/mol. The van der Waals surface area contributed by atoms with E-state index < -0.39 is 0 Å². The molecule has 2 rings (SSSR count). The van der Waals surface area contributed by atoms with E-state index in [1.807, 2.05) is 19.1 Å². The first kappa shape index (κ1) is 19.3. The first-order valence-corrected chi connectivity index (χ1v) is 8.09. The van der Waals surface area contributed by atoms with Crippen LogP contribution < -0.4 is 20.7 Å². The highest BCUT2D eigenvalue weighted by Gasteiger charge is 2.10. The van der Waals surface area contributed by atoms with E-state index in [9.17, 15) is 9.59 Å². The topological polar surface area (TPSA) is 102 Å². The molecular formula is C18H23N3O5. The maximum absolute atomic E-state index is 12.0. The number of urea groups is 1. The molecule has 3 amide bonds. The van der Waals surface area contributed by atoms with Crippen LogP contribution in [0.4, 0.5) is 16.2 Å². The van der Waals surface area contributed by atoms with Crippen molar-refractivity contribution >= 4 is 23.3 Å². The third kappa shape index (κ3) is 5.82. The molecule has 140 valence electrons. The molecule has 0 fully saturated rings. The molecule has 1 heterocycles. The Morgan fingerprint density at radius 1 is 1.12 bits per heavy atom. The molecule has 1 aromatic heterocycles. The van der Waals surface area contributed by atoms with Gasteiger partial charge in [0.2, 0.25) is 5.91 Å². The number of benzene rings is 1. The van der Waals surface area contributed by atoms with E-state index in [0.717, 1.165) is 11.5 Å². The molecule has 8 nitrogen and oxygen atoms in total. The number of anilines is 2. The van der Waals surface area contributed by atoms with E-state index in [-0.39, 0.29) is 18.5 Å². The summed E-state index contributed by atoms with van der Waals surface area (Å²) in [5, 5.41) is 8.13. The number of hydrogen-bond acceptors (Lipinski definition) is 5. The van der Waals surface area contributed by atoms with Crippen LogP contribution in [-0.2, 0) is 16.0 Å². The minimum Gasteiger partial charge on any atom is -0.495 e. The number of carbonyl (C=O) groups is 2. The number of rotatable bonds is 8. The number of hydrogen-bond donors (Lipinski definition) is 3. The van der Waals surface area contributed by atoms with E-state index in [4.69, 9.17) is 13.9 Å². The van der Waals surface area contributed by atoms with E-state index in [2.05, 4.69) is 16.0 Å². The van der Waals surface area contributed by atoms with Crippen LogP contribution in [0.5, 0.6) is 5.75 Å². The van der Waals surface area contributed by atoms with Crippen LogP contribution in [-0.4, -0.2) is 39.3 Å². The summed E-state index contributed by atoms with van der Waals surface area (Å²) < 4.78 is 15.4. The molecule has 0 radical (unpaired) electrons. The molecule has 0 aliphatic rings. The Labute approximate surface area is 151 Å². The zero-order valence-corrected chi connectivity index (χ0v) is 15.0. The van der Waals surface area contributed by atoms with Crippen molar-refractivity contribution in [3.05, 3.63) is 41.9 Å². The Bertz CT molecular complexity index is 757. The lowest BCUT2D eigenvalue weighted by molar-refractivity contribution is -0.119. The van der Waals surface area contributed by atoms with Crippen LogP contribution in [0, 0.1) is 6.92 Å². The second-order valence-electron chi connectivity index (χ2n) is 5.54. The van der Waals surface area contributed by atoms with Crippen molar-refractivity contribution in [2.24, 2.45) is 0 Å². The number of nitrogens with one attached hydrogen (secondary N) is 3. The Kier molecular flexibility index (Phi) is 7.04. The first-order chi connectivity index (χ1) is 12.5. The second kappa shape index (κ2) is 9.47. The van der Waals surface area contributed by atoms with Gasteiger partial charge in [-0.3, -0.25) is 4.79 Å². The van der Waals surface area contributed by atoms with Crippen molar-refractivity contribution in [2.75, 3.05) is 38.0 Å². The van der Waals surface area contributed by atoms with Crippen LogP contribution in [0.2, 0.25) is 0 Å². The molecule has 8 heteroatoms. The normalized spacial score (nSPS) is 10.3. The van der Waals surface area contributed by atoms with E-state index >= 15 is 0 Å². The van der Waals surface area contributed by atoms with E-state index in [0.29, 0.717) is 30.1 Å². The summed E-state index contributed by atoms with van der Waals surface area (Å²) in [5.74, 6) is 1.82. The third-order valence-electron chi connectivity index (χ3n) is 3.46. The zero-order valence-electron chi connectivity index (χ0n) is 15.0. The first-order valence-electron chi connectivity index (χ1n) is 8.09. The third-order valence-corrected chi connectivity index (χ3v) is 3.46. The average Bonchev–Trinajstić information content (AvgIpc) is 3.00. The maximum atomic E-state index is 12.0. The molecule has 26 heavy (non-hydrogen) atoms. The number of aryl methyl sites for hydroxylation is 1. The van der Waals surface area contributed by atoms with Crippen LogP contribution in [0.25, 0.3) is 0 Å². The van der Waals surface area contributed by atoms with Crippen LogP contribution >= 0.6 is 0 Å². The lowest BCUT2D eigenvalue weighted by atomic mass is 10.2. The molecular weight excluding hydrogens is 338 g/mol. The summed E-state index contributed by atoms with van der Waals surface area (Å²) in [7, 11) is 2.93. The number of furan rings is 1. The van der Waals surface area contributed by atoms with Gasteiger partial charge in [-0.05, 0) is 37.3 Å². The average molecular weight is 361 g/mol. The highest BCUT2D eigenvalue weighted by molar-refractivity contribution is 5.95. The van der Waals surface area contributed by atoms with Gasteiger partial charge >= 0.3 is 6.03 Å². The zero-order chi connectivity index (χ0) is 18.9. The molecule has 0 atom stereocenters.